The zero-order valence-corrected chi connectivity index (χ0v) is 18.2. The predicted octanol–water partition coefficient (Wildman–Crippen LogP) is 4.99. The Bertz CT molecular complexity index is 1120. The summed E-state index contributed by atoms with van der Waals surface area (Å²) < 4.78 is 24.3. The van der Waals surface area contributed by atoms with E-state index in [0.717, 1.165) is 4.47 Å². The van der Waals surface area contributed by atoms with Gasteiger partial charge in [0, 0.05) is 10.0 Å². The van der Waals surface area contributed by atoms with E-state index >= 15 is 0 Å². The molecule has 0 saturated carbocycles. The van der Waals surface area contributed by atoms with Crippen molar-refractivity contribution in [1.82, 2.24) is 5.43 Å². The number of hydrogen-bond acceptors (Lipinski definition) is 5. The van der Waals surface area contributed by atoms with E-state index in [-0.39, 0.29) is 22.9 Å². The van der Waals surface area contributed by atoms with E-state index in [1.807, 2.05) is 0 Å². The molecular weight excluding hydrogens is 491 g/mol. The van der Waals surface area contributed by atoms with Gasteiger partial charge in [0.15, 0.2) is 6.61 Å². The highest BCUT2D eigenvalue weighted by atomic mass is 79.9. The number of benzene rings is 3. The van der Waals surface area contributed by atoms with Crippen LogP contribution in [0.2, 0.25) is 5.02 Å². The zero-order valence-electron chi connectivity index (χ0n) is 15.8. The lowest BCUT2D eigenvalue weighted by atomic mass is 10.2. The van der Waals surface area contributed by atoms with Crippen LogP contribution in [-0.2, 0) is 4.79 Å². The maximum Gasteiger partial charge on any atom is 0.345 e. The topological polar surface area (TPSA) is 77.0 Å². The van der Waals surface area contributed by atoms with E-state index < -0.39 is 17.7 Å². The van der Waals surface area contributed by atoms with Gasteiger partial charge in [0.1, 0.15) is 17.3 Å². The Balaban J connectivity index is 1.62. The molecule has 0 aromatic heterocycles. The van der Waals surface area contributed by atoms with Crippen LogP contribution in [0.5, 0.6) is 11.5 Å². The Morgan fingerprint density at radius 3 is 2.58 bits per heavy atom. The number of amides is 1. The first kappa shape index (κ1) is 22.5. The van der Waals surface area contributed by atoms with E-state index in [1.165, 1.54) is 30.5 Å². The van der Waals surface area contributed by atoms with Crippen LogP contribution in [0.15, 0.2) is 76.3 Å². The lowest BCUT2D eigenvalue weighted by molar-refractivity contribution is -0.123. The van der Waals surface area contributed by atoms with Crippen molar-refractivity contribution in [3.05, 3.63) is 93.2 Å². The number of halogens is 3. The Morgan fingerprint density at radius 2 is 1.84 bits per heavy atom. The number of rotatable bonds is 7. The minimum absolute atomic E-state index is 0.223. The van der Waals surface area contributed by atoms with Crippen molar-refractivity contribution in [2.45, 2.75) is 0 Å². The smallest absolute Gasteiger partial charge is 0.345 e. The van der Waals surface area contributed by atoms with Gasteiger partial charge < -0.3 is 9.47 Å². The average Bonchev–Trinajstić information content (AvgIpc) is 2.75. The van der Waals surface area contributed by atoms with Gasteiger partial charge in [-0.15, -0.1) is 0 Å². The molecule has 0 heterocycles. The lowest BCUT2D eigenvalue weighted by Crippen LogP contribution is -2.24. The van der Waals surface area contributed by atoms with Crippen LogP contribution < -0.4 is 14.9 Å². The largest absolute Gasteiger partial charge is 0.484 e. The molecule has 158 valence electrons. The second-order valence-corrected chi connectivity index (χ2v) is 7.41. The normalized spacial score (nSPS) is 10.7. The molecule has 3 aromatic carbocycles. The molecule has 0 aliphatic heterocycles. The van der Waals surface area contributed by atoms with Crippen LogP contribution in [0.1, 0.15) is 15.9 Å². The lowest BCUT2D eigenvalue weighted by Gasteiger charge is -2.09. The highest BCUT2D eigenvalue weighted by Crippen LogP contribution is 2.24. The van der Waals surface area contributed by atoms with Gasteiger partial charge in [0.05, 0.1) is 16.8 Å². The van der Waals surface area contributed by atoms with Crippen molar-refractivity contribution in [2.75, 3.05) is 6.61 Å². The summed E-state index contributed by atoms with van der Waals surface area (Å²) in [6, 6.07) is 16.7. The van der Waals surface area contributed by atoms with Crippen LogP contribution in [0.4, 0.5) is 4.39 Å². The standard InChI is InChI=1S/C22H15BrClFN2O4/c23-15-5-10-20(31-22(29)18-3-1-2-4-19(18)24)14(11-15)12-26-27-21(28)13-30-17-8-6-16(25)7-9-17/h1-12H,13H2,(H,27,28)/b26-12+. The average molecular weight is 506 g/mol. The summed E-state index contributed by atoms with van der Waals surface area (Å²) in [6.45, 7) is -0.310. The van der Waals surface area contributed by atoms with E-state index in [0.29, 0.717) is 11.3 Å². The van der Waals surface area contributed by atoms with Crippen molar-refractivity contribution >= 4 is 45.6 Å². The van der Waals surface area contributed by atoms with Gasteiger partial charge >= 0.3 is 5.97 Å². The molecule has 0 saturated heterocycles. The summed E-state index contributed by atoms with van der Waals surface area (Å²) >= 11 is 9.38. The maximum absolute atomic E-state index is 12.9. The first-order valence-electron chi connectivity index (χ1n) is 8.89. The summed E-state index contributed by atoms with van der Waals surface area (Å²) in [7, 11) is 0. The second-order valence-electron chi connectivity index (χ2n) is 6.09. The summed E-state index contributed by atoms with van der Waals surface area (Å²) in [5, 5.41) is 4.14. The third-order valence-electron chi connectivity index (χ3n) is 3.84. The molecule has 0 atom stereocenters. The van der Waals surface area contributed by atoms with Gasteiger partial charge in [0.25, 0.3) is 5.91 Å². The molecule has 0 radical (unpaired) electrons. The monoisotopic (exact) mass is 504 g/mol. The van der Waals surface area contributed by atoms with E-state index in [1.54, 1.807) is 42.5 Å². The van der Waals surface area contributed by atoms with Crippen LogP contribution >= 0.6 is 27.5 Å². The molecule has 3 aromatic rings. The molecule has 0 aliphatic carbocycles. The number of carbonyl (C=O) groups is 2. The molecule has 1 amide bonds. The fourth-order valence-electron chi connectivity index (χ4n) is 2.38. The van der Waals surface area contributed by atoms with Gasteiger partial charge in [-0.1, -0.05) is 39.7 Å². The van der Waals surface area contributed by atoms with Crippen LogP contribution in [0.25, 0.3) is 0 Å². The first-order chi connectivity index (χ1) is 14.9. The SMILES string of the molecule is O=C(COc1ccc(F)cc1)N/N=C/c1cc(Br)ccc1OC(=O)c1ccccc1Cl. The molecule has 0 unspecified atom stereocenters. The number of ether oxygens (including phenoxy) is 2. The summed E-state index contributed by atoms with van der Waals surface area (Å²) in [6.07, 6.45) is 1.33. The number of esters is 1. The Labute approximate surface area is 190 Å². The van der Waals surface area contributed by atoms with Crippen molar-refractivity contribution in [3.8, 4) is 11.5 Å². The summed E-state index contributed by atoms with van der Waals surface area (Å²) in [5.74, 6) is -0.971. The molecule has 1 N–H and O–H groups in total. The quantitative estimate of drug-likeness (QED) is 0.212. The molecule has 6 nitrogen and oxygen atoms in total. The number of hydrazone groups is 1. The molecule has 0 spiro atoms. The highest BCUT2D eigenvalue weighted by Gasteiger charge is 2.14. The molecule has 0 fully saturated rings. The summed E-state index contributed by atoms with van der Waals surface area (Å²) in [5.41, 5.74) is 2.97. The molecular formula is C22H15BrClFN2O4. The van der Waals surface area contributed by atoms with E-state index in [2.05, 4.69) is 26.5 Å². The number of nitrogens with zero attached hydrogens (tertiary/aromatic N) is 1. The van der Waals surface area contributed by atoms with Crippen LogP contribution in [0.3, 0.4) is 0 Å². The van der Waals surface area contributed by atoms with Crippen molar-refractivity contribution < 1.29 is 23.5 Å². The first-order valence-corrected chi connectivity index (χ1v) is 10.1. The van der Waals surface area contributed by atoms with Crippen LogP contribution in [-0.4, -0.2) is 24.7 Å². The third-order valence-corrected chi connectivity index (χ3v) is 4.67. The van der Waals surface area contributed by atoms with Crippen molar-refractivity contribution in [3.63, 3.8) is 0 Å². The minimum Gasteiger partial charge on any atom is -0.484 e. The van der Waals surface area contributed by atoms with Crippen molar-refractivity contribution in [1.29, 1.82) is 0 Å². The molecule has 0 aliphatic rings. The Morgan fingerprint density at radius 1 is 1.10 bits per heavy atom. The van der Waals surface area contributed by atoms with Gasteiger partial charge in [-0.05, 0) is 54.6 Å². The van der Waals surface area contributed by atoms with Gasteiger partial charge in [-0.2, -0.15) is 5.10 Å². The zero-order chi connectivity index (χ0) is 22.2. The number of carbonyl (C=O) groups excluding carboxylic acids is 2. The van der Waals surface area contributed by atoms with Crippen molar-refractivity contribution in [2.24, 2.45) is 5.10 Å². The molecule has 3 rings (SSSR count). The van der Waals surface area contributed by atoms with Gasteiger partial charge in [-0.3, -0.25) is 4.79 Å². The third kappa shape index (κ3) is 6.63. The molecule has 31 heavy (non-hydrogen) atoms. The maximum atomic E-state index is 12.9. The Hall–Kier alpha value is -3.23. The predicted molar refractivity (Wildman–Crippen MR) is 118 cm³/mol. The number of nitrogens with one attached hydrogen (secondary N) is 1. The number of hydrogen-bond donors (Lipinski definition) is 1. The van der Waals surface area contributed by atoms with E-state index in [9.17, 15) is 14.0 Å². The Kier molecular flexibility index (Phi) is 7.75. The molecule has 0 bridgehead atoms. The fourth-order valence-corrected chi connectivity index (χ4v) is 2.97. The highest BCUT2D eigenvalue weighted by molar-refractivity contribution is 9.10. The van der Waals surface area contributed by atoms with Gasteiger partial charge in [0.2, 0.25) is 0 Å². The van der Waals surface area contributed by atoms with E-state index in [4.69, 9.17) is 21.1 Å². The minimum atomic E-state index is -0.626. The van der Waals surface area contributed by atoms with Crippen LogP contribution in [0, 0.1) is 5.82 Å². The molecule has 9 heteroatoms. The fraction of sp³-hybridized carbons (Fsp3) is 0.0455. The summed E-state index contributed by atoms with van der Waals surface area (Å²) in [4.78, 5) is 24.3. The van der Waals surface area contributed by atoms with Gasteiger partial charge in [-0.25, -0.2) is 14.6 Å². The second kappa shape index (κ2) is 10.7.